The zero-order valence-corrected chi connectivity index (χ0v) is 9.54. The predicted octanol–water partition coefficient (Wildman–Crippen LogP) is 1.56. The molecular weight excluding hydrogens is 202 g/mol. The second kappa shape index (κ2) is 4.55. The molecule has 2 aliphatic rings. The highest BCUT2D eigenvalue weighted by Crippen LogP contribution is 2.23. The van der Waals surface area contributed by atoms with Gasteiger partial charge in [-0.05, 0) is 25.7 Å². The van der Waals surface area contributed by atoms with Gasteiger partial charge >= 0.3 is 0 Å². The maximum Gasteiger partial charge on any atom is 0.111 e. The summed E-state index contributed by atoms with van der Waals surface area (Å²) in [7, 11) is 0. The second-order valence-corrected chi connectivity index (χ2v) is 4.86. The fourth-order valence-corrected chi connectivity index (χ4v) is 2.17. The molecule has 88 valence electrons. The summed E-state index contributed by atoms with van der Waals surface area (Å²) in [5, 5.41) is 3.49. The van der Waals surface area contributed by atoms with Crippen molar-refractivity contribution in [3.63, 3.8) is 0 Å². The number of ether oxygens (including phenoxy) is 1. The summed E-state index contributed by atoms with van der Waals surface area (Å²) in [5.74, 6) is 1.58. The number of imidazole rings is 1. The first-order valence-electron chi connectivity index (χ1n) is 6.27. The number of nitrogens with one attached hydrogen (secondary N) is 2. The Morgan fingerprint density at radius 1 is 1.44 bits per heavy atom. The molecule has 16 heavy (non-hydrogen) atoms. The summed E-state index contributed by atoms with van der Waals surface area (Å²) in [6, 6.07) is 0.754. The lowest BCUT2D eigenvalue weighted by atomic mass is 10.0. The first kappa shape index (κ1) is 10.3. The van der Waals surface area contributed by atoms with E-state index in [2.05, 4.69) is 15.3 Å². The molecule has 1 atom stereocenters. The van der Waals surface area contributed by atoms with Crippen LogP contribution in [0.1, 0.15) is 43.1 Å². The van der Waals surface area contributed by atoms with Crippen LogP contribution in [0.3, 0.4) is 0 Å². The third-order valence-electron chi connectivity index (χ3n) is 3.35. The minimum absolute atomic E-state index is 0.475. The number of aromatic amines is 1. The summed E-state index contributed by atoms with van der Waals surface area (Å²) in [4.78, 5) is 7.88. The fourth-order valence-electron chi connectivity index (χ4n) is 2.17. The summed E-state index contributed by atoms with van der Waals surface area (Å²) < 4.78 is 5.48. The molecule has 0 aromatic carbocycles. The van der Waals surface area contributed by atoms with Gasteiger partial charge in [-0.25, -0.2) is 4.98 Å². The molecule has 1 aliphatic carbocycles. The van der Waals surface area contributed by atoms with E-state index in [1.54, 1.807) is 0 Å². The molecule has 1 aromatic heterocycles. The smallest absolute Gasteiger partial charge is 0.111 e. The van der Waals surface area contributed by atoms with Crippen LogP contribution >= 0.6 is 0 Å². The van der Waals surface area contributed by atoms with Crippen LogP contribution in [0.2, 0.25) is 0 Å². The van der Waals surface area contributed by atoms with Gasteiger partial charge in [0.2, 0.25) is 0 Å². The average Bonchev–Trinajstić information content (AvgIpc) is 3.05. The summed E-state index contributed by atoms with van der Waals surface area (Å²) in [5.41, 5.74) is 1.20. The van der Waals surface area contributed by atoms with Crippen molar-refractivity contribution in [3.8, 4) is 0 Å². The molecule has 0 amide bonds. The minimum Gasteiger partial charge on any atom is -0.381 e. The molecule has 4 heteroatoms. The lowest BCUT2D eigenvalue weighted by Gasteiger charge is -2.19. The van der Waals surface area contributed by atoms with E-state index in [0.717, 1.165) is 38.0 Å². The zero-order chi connectivity index (χ0) is 10.8. The van der Waals surface area contributed by atoms with Gasteiger partial charge in [0.15, 0.2) is 0 Å². The third kappa shape index (κ3) is 2.44. The number of nitrogens with zero attached hydrogens (tertiary/aromatic N) is 1. The minimum atomic E-state index is 0.475. The number of aromatic nitrogens is 2. The molecule has 0 radical (unpaired) electrons. The molecule has 1 saturated heterocycles. The SMILES string of the molecule is c1nc(C2CCCOC2)[nH]c1CNC1CC1. The standard InChI is InChI=1S/C12H19N3O/c1-2-9(8-16-5-1)12-14-7-11(15-12)6-13-10-3-4-10/h7,9-10,13H,1-6,8H2,(H,14,15). The fraction of sp³-hybridized carbons (Fsp3) is 0.750. The van der Waals surface area contributed by atoms with Crippen LogP contribution < -0.4 is 5.32 Å². The van der Waals surface area contributed by atoms with Crippen LogP contribution in [0.25, 0.3) is 0 Å². The number of rotatable bonds is 4. The van der Waals surface area contributed by atoms with Gasteiger partial charge in [0, 0.05) is 37.0 Å². The van der Waals surface area contributed by atoms with Crippen LogP contribution in [-0.4, -0.2) is 29.2 Å². The highest BCUT2D eigenvalue weighted by atomic mass is 16.5. The Hall–Kier alpha value is -0.870. The lowest BCUT2D eigenvalue weighted by Crippen LogP contribution is -2.17. The molecule has 2 N–H and O–H groups in total. The summed E-state index contributed by atoms with van der Waals surface area (Å²) in [6.07, 6.45) is 6.97. The Bertz CT molecular complexity index is 340. The van der Waals surface area contributed by atoms with Gasteiger partial charge in [-0.3, -0.25) is 0 Å². The van der Waals surface area contributed by atoms with E-state index in [4.69, 9.17) is 4.74 Å². The average molecular weight is 221 g/mol. The van der Waals surface area contributed by atoms with E-state index < -0.39 is 0 Å². The Morgan fingerprint density at radius 3 is 3.12 bits per heavy atom. The molecule has 0 bridgehead atoms. The molecule has 1 aliphatic heterocycles. The van der Waals surface area contributed by atoms with Crippen LogP contribution in [0.15, 0.2) is 6.20 Å². The van der Waals surface area contributed by atoms with Crippen LogP contribution in [-0.2, 0) is 11.3 Å². The highest BCUT2D eigenvalue weighted by molar-refractivity contribution is 5.06. The molecule has 0 spiro atoms. The van der Waals surface area contributed by atoms with Crippen molar-refractivity contribution in [3.05, 3.63) is 17.7 Å². The van der Waals surface area contributed by atoms with E-state index in [-0.39, 0.29) is 0 Å². The van der Waals surface area contributed by atoms with Crippen molar-refractivity contribution in [1.29, 1.82) is 0 Å². The van der Waals surface area contributed by atoms with E-state index in [1.807, 2.05) is 6.20 Å². The summed E-state index contributed by atoms with van der Waals surface area (Å²) >= 11 is 0. The number of hydrogen-bond acceptors (Lipinski definition) is 3. The second-order valence-electron chi connectivity index (χ2n) is 4.86. The van der Waals surface area contributed by atoms with Crippen molar-refractivity contribution in [2.45, 2.75) is 44.2 Å². The quantitative estimate of drug-likeness (QED) is 0.811. The molecule has 4 nitrogen and oxygen atoms in total. The van der Waals surface area contributed by atoms with Gasteiger partial charge in [0.1, 0.15) is 5.82 Å². The van der Waals surface area contributed by atoms with Gasteiger partial charge < -0.3 is 15.0 Å². The Morgan fingerprint density at radius 2 is 2.38 bits per heavy atom. The summed E-state index contributed by atoms with van der Waals surface area (Å²) in [6.45, 7) is 2.65. The molecular formula is C12H19N3O. The van der Waals surface area contributed by atoms with Crippen LogP contribution in [0.4, 0.5) is 0 Å². The highest BCUT2D eigenvalue weighted by Gasteiger charge is 2.21. The Balaban J connectivity index is 1.57. The van der Waals surface area contributed by atoms with Crippen molar-refractivity contribution in [2.24, 2.45) is 0 Å². The van der Waals surface area contributed by atoms with Crippen LogP contribution in [0, 0.1) is 0 Å². The van der Waals surface area contributed by atoms with Crippen molar-refractivity contribution in [2.75, 3.05) is 13.2 Å². The van der Waals surface area contributed by atoms with Gasteiger partial charge in [-0.1, -0.05) is 0 Å². The first-order valence-corrected chi connectivity index (χ1v) is 6.27. The van der Waals surface area contributed by atoms with E-state index in [9.17, 15) is 0 Å². The van der Waals surface area contributed by atoms with Gasteiger partial charge in [-0.15, -0.1) is 0 Å². The van der Waals surface area contributed by atoms with E-state index >= 15 is 0 Å². The topological polar surface area (TPSA) is 49.9 Å². The first-order chi connectivity index (χ1) is 7.92. The maximum atomic E-state index is 5.48. The van der Waals surface area contributed by atoms with Gasteiger partial charge in [0.05, 0.1) is 6.61 Å². The van der Waals surface area contributed by atoms with E-state index in [1.165, 1.54) is 25.0 Å². The third-order valence-corrected chi connectivity index (χ3v) is 3.35. The van der Waals surface area contributed by atoms with Crippen molar-refractivity contribution >= 4 is 0 Å². The maximum absolute atomic E-state index is 5.48. The molecule has 3 rings (SSSR count). The Labute approximate surface area is 95.8 Å². The normalized spacial score (nSPS) is 25.9. The zero-order valence-electron chi connectivity index (χ0n) is 9.54. The van der Waals surface area contributed by atoms with E-state index in [0.29, 0.717) is 5.92 Å². The number of H-pyrrole nitrogens is 1. The van der Waals surface area contributed by atoms with Gasteiger partial charge in [0.25, 0.3) is 0 Å². The predicted molar refractivity (Wildman–Crippen MR) is 61.2 cm³/mol. The molecule has 2 fully saturated rings. The molecule has 1 unspecified atom stereocenters. The van der Waals surface area contributed by atoms with Crippen molar-refractivity contribution in [1.82, 2.24) is 15.3 Å². The van der Waals surface area contributed by atoms with Crippen LogP contribution in [0.5, 0.6) is 0 Å². The van der Waals surface area contributed by atoms with Gasteiger partial charge in [-0.2, -0.15) is 0 Å². The monoisotopic (exact) mass is 221 g/mol. The largest absolute Gasteiger partial charge is 0.381 e. The molecule has 2 heterocycles. The molecule has 1 aromatic rings. The lowest BCUT2D eigenvalue weighted by molar-refractivity contribution is 0.0782. The molecule has 1 saturated carbocycles. The Kier molecular flexibility index (Phi) is 2.93. The number of hydrogen-bond donors (Lipinski definition) is 2. The van der Waals surface area contributed by atoms with Crippen molar-refractivity contribution < 1.29 is 4.74 Å².